The number of rotatable bonds is 4. The molecule has 1 aromatic rings. The Bertz CT molecular complexity index is 615. The predicted octanol–water partition coefficient (Wildman–Crippen LogP) is -0.214. The van der Waals surface area contributed by atoms with Gasteiger partial charge < -0.3 is 29.2 Å². The maximum Gasteiger partial charge on any atom is 0.139 e. The minimum absolute atomic E-state index is 0.0235. The highest BCUT2D eigenvalue weighted by Gasteiger charge is 2.53. The number of aliphatic hydroxyl groups is 2. The van der Waals surface area contributed by atoms with Crippen molar-refractivity contribution in [2.75, 3.05) is 53.1 Å². The lowest BCUT2D eigenvalue weighted by molar-refractivity contribution is -0.00920. The van der Waals surface area contributed by atoms with E-state index in [1.165, 1.54) is 0 Å². The Kier molecular flexibility index (Phi) is 4.07. The Hall–Kier alpha value is -1.10. The highest BCUT2D eigenvalue weighted by Crippen LogP contribution is 2.42. The van der Waals surface area contributed by atoms with Crippen molar-refractivity contribution in [3.05, 3.63) is 35.4 Å². The topological polar surface area (TPSA) is 83.9 Å². The van der Waals surface area contributed by atoms with Crippen LogP contribution in [-0.2, 0) is 18.9 Å². The predicted molar refractivity (Wildman–Crippen MR) is 88.8 cm³/mol. The zero-order chi connectivity index (χ0) is 17.8. The molecule has 4 aliphatic heterocycles. The third-order valence-corrected chi connectivity index (χ3v) is 6.10. The Labute approximate surface area is 151 Å². The number of nitrogens with zero attached hydrogens (tertiary/aromatic N) is 2. The molecule has 142 valence electrons. The molecule has 1 aromatic carbocycles. The lowest BCUT2D eigenvalue weighted by Gasteiger charge is -2.29. The van der Waals surface area contributed by atoms with Crippen LogP contribution in [-0.4, -0.2) is 84.2 Å². The average Bonchev–Trinajstić information content (AvgIpc) is 3.41. The molecule has 4 heterocycles. The summed E-state index contributed by atoms with van der Waals surface area (Å²) in [6.07, 6.45) is -0.426. The number of hydrogen-bond acceptors (Lipinski definition) is 8. The fraction of sp³-hybridized carbons (Fsp3) is 0.667. The zero-order valence-electron chi connectivity index (χ0n) is 14.5. The first kappa shape index (κ1) is 17.0. The van der Waals surface area contributed by atoms with Crippen LogP contribution in [0.4, 0.5) is 0 Å². The molecule has 4 saturated heterocycles. The summed E-state index contributed by atoms with van der Waals surface area (Å²) in [5.74, 6) is 0. The maximum absolute atomic E-state index is 9.76. The van der Waals surface area contributed by atoms with Crippen LogP contribution in [0.5, 0.6) is 0 Å². The van der Waals surface area contributed by atoms with Gasteiger partial charge in [0.15, 0.2) is 0 Å². The fourth-order valence-electron chi connectivity index (χ4n) is 4.38. The maximum atomic E-state index is 9.76. The van der Waals surface area contributed by atoms with E-state index in [0.29, 0.717) is 39.9 Å². The van der Waals surface area contributed by atoms with Crippen LogP contribution in [0, 0.1) is 0 Å². The molecule has 8 heteroatoms. The molecule has 0 aliphatic carbocycles. The van der Waals surface area contributed by atoms with E-state index in [0.717, 1.165) is 11.1 Å². The first-order chi connectivity index (χ1) is 12.7. The summed E-state index contributed by atoms with van der Waals surface area (Å²) in [7, 11) is 0. The van der Waals surface area contributed by atoms with Crippen molar-refractivity contribution in [2.24, 2.45) is 0 Å². The molecule has 0 aromatic heterocycles. The summed E-state index contributed by atoms with van der Waals surface area (Å²) in [5.41, 5.74) is 1.20. The number of benzene rings is 1. The molecule has 26 heavy (non-hydrogen) atoms. The lowest BCUT2D eigenvalue weighted by atomic mass is 10.0. The van der Waals surface area contributed by atoms with Gasteiger partial charge in [-0.2, -0.15) is 0 Å². The summed E-state index contributed by atoms with van der Waals surface area (Å²) in [6, 6.07) is 8.13. The largest absolute Gasteiger partial charge is 0.394 e. The number of hydrogen-bond donors (Lipinski definition) is 2. The van der Waals surface area contributed by atoms with Crippen LogP contribution in [0.3, 0.4) is 0 Å². The third-order valence-electron chi connectivity index (χ3n) is 6.10. The molecule has 0 spiro atoms. The zero-order valence-corrected chi connectivity index (χ0v) is 14.5. The molecule has 5 rings (SSSR count). The molecular weight excluding hydrogens is 340 g/mol. The molecule has 4 fully saturated rings. The second kappa shape index (κ2) is 6.22. The Morgan fingerprint density at radius 2 is 1.19 bits per heavy atom. The van der Waals surface area contributed by atoms with Gasteiger partial charge in [-0.25, -0.2) is 9.80 Å². The van der Waals surface area contributed by atoms with Gasteiger partial charge in [0.2, 0.25) is 0 Å². The second-order valence-electron chi connectivity index (χ2n) is 7.65. The van der Waals surface area contributed by atoms with Gasteiger partial charge >= 0.3 is 0 Å². The summed E-state index contributed by atoms with van der Waals surface area (Å²) in [6.45, 7) is 2.88. The van der Waals surface area contributed by atoms with E-state index in [-0.39, 0.29) is 25.7 Å². The highest BCUT2D eigenvalue weighted by molar-refractivity contribution is 5.28. The first-order valence-corrected chi connectivity index (χ1v) is 8.95. The Morgan fingerprint density at radius 3 is 1.58 bits per heavy atom. The van der Waals surface area contributed by atoms with Crippen LogP contribution >= 0.6 is 0 Å². The van der Waals surface area contributed by atoms with Gasteiger partial charge in [-0.3, -0.25) is 0 Å². The van der Waals surface area contributed by atoms with Gasteiger partial charge in [-0.05, 0) is 11.1 Å². The smallest absolute Gasteiger partial charge is 0.139 e. The normalized spacial score (nSPS) is 40.2. The highest BCUT2D eigenvalue weighted by atomic mass is 16.6. The van der Waals surface area contributed by atoms with E-state index in [4.69, 9.17) is 18.9 Å². The monoisotopic (exact) mass is 364 g/mol. The second-order valence-corrected chi connectivity index (χ2v) is 7.65. The van der Waals surface area contributed by atoms with Crippen LogP contribution in [0.25, 0.3) is 0 Å². The van der Waals surface area contributed by atoms with Gasteiger partial charge in [0.05, 0.1) is 50.7 Å². The van der Waals surface area contributed by atoms with Crippen molar-refractivity contribution >= 4 is 0 Å². The van der Waals surface area contributed by atoms with E-state index < -0.39 is 11.1 Å². The van der Waals surface area contributed by atoms with Crippen LogP contribution < -0.4 is 0 Å². The van der Waals surface area contributed by atoms with Crippen molar-refractivity contribution in [2.45, 2.75) is 23.5 Å². The summed E-state index contributed by atoms with van der Waals surface area (Å²) in [5, 5.41) is 19.5. The Balaban J connectivity index is 1.36. The third kappa shape index (κ3) is 2.31. The quantitative estimate of drug-likeness (QED) is 0.759. The molecule has 4 atom stereocenters. The number of fused-ring (bicyclic) bond motifs is 2. The number of aliphatic hydroxyl groups excluding tert-OH is 2. The standard InChI is InChI=1S/C18H24N2O6/c21-5-17-7-23-11-19(17)15(25-9-17)13-1-2-14(4-3-13)16-20-12-24-8-18(20,6-22)10-26-16/h1-4,15-16,21-22H,5-12H2/t15-,16-,17+,18+/m1/s1. The fourth-order valence-corrected chi connectivity index (χ4v) is 4.38. The van der Waals surface area contributed by atoms with Gasteiger partial charge in [-0.15, -0.1) is 0 Å². The molecule has 0 saturated carbocycles. The average molecular weight is 364 g/mol. The van der Waals surface area contributed by atoms with Crippen LogP contribution in [0.1, 0.15) is 23.6 Å². The van der Waals surface area contributed by atoms with Crippen LogP contribution in [0.2, 0.25) is 0 Å². The molecule has 4 aliphatic rings. The van der Waals surface area contributed by atoms with Crippen molar-refractivity contribution in [3.8, 4) is 0 Å². The van der Waals surface area contributed by atoms with Crippen molar-refractivity contribution in [1.82, 2.24) is 9.80 Å². The minimum Gasteiger partial charge on any atom is -0.394 e. The Morgan fingerprint density at radius 1 is 0.769 bits per heavy atom. The number of ether oxygens (including phenoxy) is 4. The van der Waals surface area contributed by atoms with E-state index in [2.05, 4.69) is 9.80 Å². The van der Waals surface area contributed by atoms with Gasteiger partial charge in [0.25, 0.3) is 0 Å². The van der Waals surface area contributed by atoms with Crippen molar-refractivity contribution < 1.29 is 29.2 Å². The summed E-state index contributed by atoms with van der Waals surface area (Å²) >= 11 is 0. The first-order valence-electron chi connectivity index (χ1n) is 8.95. The molecule has 0 bridgehead atoms. The van der Waals surface area contributed by atoms with Gasteiger partial charge in [0, 0.05) is 0 Å². The van der Waals surface area contributed by atoms with E-state index >= 15 is 0 Å². The molecule has 0 unspecified atom stereocenters. The van der Waals surface area contributed by atoms with E-state index in [1.54, 1.807) is 0 Å². The van der Waals surface area contributed by atoms with Crippen molar-refractivity contribution in [1.29, 1.82) is 0 Å². The summed E-state index contributed by atoms with van der Waals surface area (Å²) < 4.78 is 23.0. The molecule has 0 amide bonds. The molecule has 0 radical (unpaired) electrons. The molecule has 2 N–H and O–H groups in total. The lowest BCUT2D eigenvalue weighted by Crippen LogP contribution is -2.47. The molecule has 8 nitrogen and oxygen atoms in total. The van der Waals surface area contributed by atoms with Crippen molar-refractivity contribution in [3.63, 3.8) is 0 Å². The van der Waals surface area contributed by atoms with E-state index in [1.807, 2.05) is 24.3 Å². The van der Waals surface area contributed by atoms with Crippen LogP contribution in [0.15, 0.2) is 24.3 Å². The summed E-state index contributed by atoms with van der Waals surface area (Å²) in [4.78, 5) is 4.17. The van der Waals surface area contributed by atoms with E-state index in [9.17, 15) is 10.2 Å². The SMILES string of the molecule is OC[C@@]12COCN1[C@@H](c1ccc([C@H]3OC[C@]4(CO)COCN34)cc1)OC2. The molecular formula is C18H24N2O6. The minimum atomic E-state index is -0.425. The van der Waals surface area contributed by atoms with Gasteiger partial charge in [-0.1, -0.05) is 24.3 Å². The van der Waals surface area contributed by atoms with Gasteiger partial charge in [0.1, 0.15) is 25.9 Å².